The van der Waals surface area contributed by atoms with Crippen LogP contribution in [0.3, 0.4) is 0 Å². The van der Waals surface area contributed by atoms with Crippen molar-refractivity contribution in [3.63, 3.8) is 0 Å². The predicted molar refractivity (Wildman–Crippen MR) is 74.8 cm³/mol. The topological polar surface area (TPSA) is 58.2 Å². The van der Waals surface area contributed by atoms with Crippen molar-refractivity contribution >= 4 is 10.0 Å². The molecule has 102 valence electrons. The fourth-order valence-electron chi connectivity index (χ4n) is 1.51. The highest BCUT2D eigenvalue weighted by atomic mass is 32.2. The first-order valence-corrected chi connectivity index (χ1v) is 8.01. The largest absolute Gasteiger partial charge is 0.312 e. The lowest BCUT2D eigenvalue weighted by atomic mass is 10.2. The molecule has 0 bridgehead atoms. The molecule has 5 heteroatoms. The number of sulfonamides is 1. The molecule has 0 saturated heterocycles. The molecule has 0 aromatic heterocycles. The van der Waals surface area contributed by atoms with Gasteiger partial charge >= 0.3 is 0 Å². The smallest absolute Gasteiger partial charge is 0.212 e. The molecule has 1 aromatic carbocycles. The van der Waals surface area contributed by atoms with Crippen molar-refractivity contribution in [1.29, 1.82) is 0 Å². The van der Waals surface area contributed by atoms with Gasteiger partial charge in [0.1, 0.15) is 0 Å². The van der Waals surface area contributed by atoms with Gasteiger partial charge in [-0.3, -0.25) is 0 Å². The zero-order valence-corrected chi connectivity index (χ0v) is 11.7. The maximum atomic E-state index is 11.6. The second-order valence-corrected chi connectivity index (χ2v) is 6.16. The summed E-state index contributed by atoms with van der Waals surface area (Å²) in [5.41, 5.74) is 1.16. The van der Waals surface area contributed by atoms with Gasteiger partial charge in [0.05, 0.1) is 5.75 Å². The highest BCUT2D eigenvalue weighted by Crippen LogP contribution is 1.96. The molecule has 0 spiro atoms. The molecular formula is C13H22N2O2S. The second-order valence-electron chi connectivity index (χ2n) is 4.23. The fourth-order valence-corrected chi connectivity index (χ4v) is 2.52. The van der Waals surface area contributed by atoms with Gasteiger partial charge in [-0.05, 0) is 12.0 Å². The summed E-state index contributed by atoms with van der Waals surface area (Å²) in [4.78, 5) is 0. The molecule has 1 aromatic rings. The third-order valence-corrected chi connectivity index (χ3v) is 3.96. The minimum Gasteiger partial charge on any atom is -0.312 e. The Balaban J connectivity index is 2.17. The normalized spacial score (nSPS) is 11.6. The van der Waals surface area contributed by atoms with Crippen LogP contribution in [-0.4, -0.2) is 27.3 Å². The average Bonchev–Trinajstić information content (AvgIpc) is 2.36. The van der Waals surface area contributed by atoms with E-state index >= 15 is 0 Å². The van der Waals surface area contributed by atoms with Gasteiger partial charge in [-0.1, -0.05) is 43.7 Å². The van der Waals surface area contributed by atoms with Gasteiger partial charge in [0.2, 0.25) is 10.0 Å². The Morgan fingerprint density at radius 2 is 1.83 bits per heavy atom. The minimum atomic E-state index is -3.12. The number of hydrogen-bond donors (Lipinski definition) is 2. The Kier molecular flexibility index (Phi) is 6.93. The van der Waals surface area contributed by atoms with Crippen molar-refractivity contribution in [2.24, 2.45) is 0 Å². The lowest BCUT2D eigenvalue weighted by Gasteiger charge is -2.07. The van der Waals surface area contributed by atoms with Crippen molar-refractivity contribution in [3.05, 3.63) is 35.9 Å². The van der Waals surface area contributed by atoms with Gasteiger partial charge in [0, 0.05) is 19.6 Å². The highest BCUT2D eigenvalue weighted by Gasteiger charge is 2.07. The Labute approximate surface area is 110 Å². The first kappa shape index (κ1) is 15.1. The van der Waals surface area contributed by atoms with Gasteiger partial charge in [0.25, 0.3) is 0 Å². The highest BCUT2D eigenvalue weighted by molar-refractivity contribution is 7.89. The summed E-state index contributed by atoms with van der Waals surface area (Å²) in [6.07, 6.45) is 1.88. The van der Waals surface area contributed by atoms with Gasteiger partial charge in [-0.15, -0.1) is 0 Å². The number of benzene rings is 1. The van der Waals surface area contributed by atoms with Crippen LogP contribution in [0.25, 0.3) is 0 Å². The summed E-state index contributed by atoms with van der Waals surface area (Å²) < 4.78 is 25.7. The average molecular weight is 270 g/mol. The van der Waals surface area contributed by atoms with E-state index in [1.807, 2.05) is 37.3 Å². The van der Waals surface area contributed by atoms with Crippen molar-refractivity contribution in [3.8, 4) is 0 Å². The Morgan fingerprint density at radius 1 is 1.11 bits per heavy atom. The third-order valence-electron chi connectivity index (χ3n) is 2.57. The molecule has 0 fully saturated rings. The molecular weight excluding hydrogens is 248 g/mol. The zero-order chi connectivity index (χ0) is 13.3. The quantitative estimate of drug-likeness (QED) is 0.669. The van der Waals surface area contributed by atoms with Crippen LogP contribution in [0, 0.1) is 0 Å². The van der Waals surface area contributed by atoms with E-state index in [-0.39, 0.29) is 5.75 Å². The van der Waals surface area contributed by atoms with E-state index in [4.69, 9.17) is 0 Å². The lowest BCUT2D eigenvalue weighted by molar-refractivity contribution is 0.573. The number of unbranched alkanes of at least 4 members (excludes halogenated alkanes) is 1. The molecule has 0 radical (unpaired) electrons. The van der Waals surface area contributed by atoms with Crippen molar-refractivity contribution in [2.75, 3.05) is 18.8 Å². The molecule has 18 heavy (non-hydrogen) atoms. The number of nitrogens with one attached hydrogen (secondary N) is 2. The van der Waals surface area contributed by atoms with E-state index in [9.17, 15) is 8.42 Å². The molecule has 0 saturated carbocycles. The van der Waals surface area contributed by atoms with E-state index in [0.717, 1.165) is 18.4 Å². The van der Waals surface area contributed by atoms with E-state index in [2.05, 4.69) is 10.0 Å². The van der Waals surface area contributed by atoms with Gasteiger partial charge in [-0.25, -0.2) is 13.1 Å². The van der Waals surface area contributed by atoms with Crippen LogP contribution in [0.2, 0.25) is 0 Å². The molecule has 0 aliphatic rings. The van der Waals surface area contributed by atoms with Gasteiger partial charge in [-0.2, -0.15) is 0 Å². The molecule has 0 heterocycles. The Bertz CT molecular complexity index is 418. The van der Waals surface area contributed by atoms with Crippen LogP contribution in [0.1, 0.15) is 25.3 Å². The van der Waals surface area contributed by atoms with Gasteiger partial charge in [0.15, 0.2) is 0 Å². The second kappa shape index (κ2) is 8.24. The summed E-state index contributed by atoms with van der Waals surface area (Å²) in [6.45, 7) is 3.74. The molecule has 4 nitrogen and oxygen atoms in total. The standard InChI is InChI=1S/C13H22N2O2S/c1-2-3-9-15-18(16,17)11-10-14-12-13-7-5-4-6-8-13/h4-8,14-15H,2-3,9-12H2,1H3. The van der Waals surface area contributed by atoms with Gasteiger partial charge < -0.3 is 5.32 Å². The molecule has 0 atom stereocenters. The van der Waals surface area contributed by atoms with Crippen LogP contribution in [0.5, 0.6) is 0 Å². The Hall–Kier alpha value is -0.910. The molecule has 0 aliphatic carbocycles. The summed E-state index contributed by atoms with van der Waals surface area (Å²) in [7, 11) is -3.12. The maximum absolute atomic E-state index is 11.6. The molecule has 2 N–H and O–H groups in total. The van der Waals surface area contributed by atoms with Crippen molar-refractivity contribution < 1.29 is 8.42 Å². The molecule has 0 unspecified atom stereocenters. The van der Waals surface area contributed by atoms with Crippen LogP contribution in [0.15, 0.2) is 30.3 Å². The Morgan fingerprint density at radius 3 is 2.50 bits per heavy atom. The zero-order valence-electron chi connectivity index (χ0n) is 10.9. The predicted octanol–water partition coefficient (Wildman–Crippen LogP) is 1.50. The summed E-state index contributed by atoms with van der Waals surface area (Å²) in [6, 6.07) is 9.94. The number of hydrogen-bond acceptors (Lipinski definition) is 3. The monoisotopic (exact) mass is 270 g/mol. The first-order chi connectivity index (χ1) is 8.64. The SMILES string of the molecule is CCCCNS(=O)(=O)CCNCc1ccccc1. The van der Waals surface area contributed by atoms with Crippen molar-refractivity contribution in [1.82, 2.24) is 10.0 Å². The molecule has 0 amide bonds. The number of rotatable bonds is 9. The van der Waals surface area contributed by atoms with Crippen LogP contribution in [-0.2, 0) is 16.6 Å². The summed E-state index contributed by atoms with van der Waals surface area (Å²) >= 11 is 0. The third kappa shape index (κ3) is 6.74. The van der Waals surface area contributed by atoms with E-state index in [1.165, 1.54) is 0 Å². The van der Waals surface area contributed by atoms with E-state index in [1.54, 1.807) is 0 Å². The lowest BCUT2D eigenvalue weighted by Crippen LogP contribution is -2.32. The molecule has 0 aliphatic heterocycles. The van der Waals surface area contributed by atoms with Crippen LogP contribution >= 0.6 is 0 Å². The minimum absolute atomic E-state index is 0.129. The maximum Gasteiger partial charge on any atom is 0.212 e. The summed E-state index contributed by atoms with van der Waals surface area (Å²) in [5, 5.41) is 3.13. The van der Waals surface area contributed by atoms with Crippen LogP contribution < -0.4 is 10.0 Å². The van der Waals surface area contributed by atoms with E-state index < -0.39 is 10.0 Å². The molecule has 1 rings (SSSR count). The van der Waals surface area contributed by atoms with Crippen LogP contribution in [0.4, 0.5) is 0 Å². The fraction of sp³-hybridized carbons (Fsp3) is 0.538. The van der Waals surface area contributed by atoms with Crippen molar-refractivity contribution in [2.45, 2.75) is 26.3 Å². The first-order valence-electron chi connectivity index (χ1n) is 6.36. The summed E-state index contributed by atoms with van der Waals surface area (Å²) in [5.74, 6) is 0.129. The van der Waals surface area contributed by atoms with E-state index in [0.29, 0.717) is 19.6 Å².